The molecule has 130 valence electrons. The van der Waals surface area contributed by atoms with Gasteiger partial charge in [0, 0.05) is 44.7 Å². The smallest absolute Gasteiger partial charge is 0.0389 e. The summed E-state index contributed by atoms with van der Waals surface area (Å²) >= 11 is 0. The summed E-state index contributed by atoms with van der Waals surface area (Å²) in [5.41, 5.74) is 6.62. The summed E-state index contributed by atoms with van der Waals surface area (Å²) in [5.74, 6) is 0. The molecule has 0 saturated heterocycles. The highest BCUT2D eigenvalue weighted by molar-refractivity contribution is 5.92. The van der Waals surface area contributed by atoms with E-state index in [1.165, 1.54) is 34.4 Å². The van der Waals surface area contributed by atoms with E-state index in [0.717, 1.165) is 25.9 Å². The van der Waals surface area contributed by atoms with Gasteiger partial charge in [-0.1, -0.05) is 31.6 Å². The van der Waals surface area contributed by atoms with Gasteiger partial charge in [-0.2, -0.15) is 0 Å². The highest BCUT2D eigenvalue weighted by Gasteiger charge is 2.15. The van der Waals surface area contributed by atoms with Gasteiger partial charge in [-0.3, -0.25) is 4.99 Å². The largest absolute Gasteiger partial charge is 0.378 e. The van der Waals surface area contributed by atoms with Crippen molar-refractivity contribution >= 4 is 17.5 Å². The van der Waals surface area contributed by atoms with E-state index in [2.05, 4.69) is 86.5 Å². The van der Waals surface area contributed by atoms with E-state index < -0.39 is 0 Å². The SMILES string of the molecule is CCCCN=Cc1cc(N(C)C)ccc1C1=C(CN(C)C)C=CC1. The Kier molecular flexibility index (Phi) is 6.80. The molecule has 3 nitrogen and oxygen atoms in total. The van der Waals surface area contributed by atoms with Crippen LogP contribution < -0.4 is 4.90 Å². The van der Waals surface area contributed by atoms with Gasteiger partial charge in [0.25, 0.3) is 0 Å². The van der Waals surface area contributed by atoms with Crippen molar-refractivity contribution in [2.75, 3.05) is 46.2 Å². The van der Waals surface area contributed by atoms with E-state index in [4.69, 9.17) is 0 Å². The molecule has 1 aliphatic rings. The molecule has 1 aliphatic carbocycles. The standard InChI is InChI=1S/C21H31N3/c1-6-7-13-22-15-18-14-19(24(4)5)11-12-21(18)20-10-8-9-17(20)16-23(2)3/h8-9,11-12,14-15H,6-7,10,13,16H2,1-5H3. The summed E-state index contributed by atoms with van der Waals surface area (Å²) in [7, 11) is 8.42. The fraction of sp³-hybridized carbons (Fsp3) is 0.476. The Hall–Kier alpha value is -1.87. The van der Waals surface area contributed by atoms with Crippen LogP contribution in [0.2, 0.25) is 0 Å². The van der Waals surface area contributed by atoms with Crippen LogP contribution in [0.4, 0.5) is 5.69 Å². The van der Waals surface area contributed by atoms with Crippen molar-refractivity contribution in [1.82, 2.24) is 4.90 Å². The lowest BCUT2D eigenvalue weighted by Gasteiger charge is -2.18. The third-order valence-electron chi connectivity index (χ3n) is 4.26. The molecule has 0 radical (unpaired) electrons. The quantitative estimate of drug-likeness (QED) is 0.526. The lowest BCUT2D eigenvalue weighted by atomic mass is 9.95. The fourth-order valence-corrected chi connectivity index (χ4v) is 2.94. The molecule has 0 fully saturated rings. The Balaban J connectivity index is 2.39. The second-order valence-corrected chi connectivity index (χ2v) is 6.90. The molecule has 0 saturated carbocycles. The van der Waals surface area contributed by atoms with Gasteiger partial charge in [-0.05, 0) is 55.8 Å². The van der Waals surface area contributed by atoms with Gasteiger partial charge in [0.2, 0.25) is 0 Å². The average molecular weight is 326 g/mol. The number of benzene rings is 1. The first-order chi connectivity index (χ1) is 11.5. The maximum absolute atomic E-state index is 4.65. The van der Waals surface area contributed by atoms with E-state index in [0.29, 0.717) is 0 Å². The lowest BCUT2D eigenvalue weighted by Crippen LogP contribution is -2.15. The molecule has 0 bridgehead atoms. The fourth-order valence-electron chi connectivity index (χ4n) is 2.94. The molecule has 24 heavy (non-hydrogen) atoms. The molecular weight excluding hydrogens is 294 g/mol. The number of unbranched alkanes of at least 4 members (excludes halogenated alkanes) is 1. The van der Waals surface area contributed by atoms with Crippen LogP contribution in [0, 0.1) is 0 Å². The van der Waals surface area contributed by atoms with Gasteiger partial charge in [-0.25, -0.2) is 0 Å². The lowest BCUT2D eigenvalue weighted by molar-refractivity contribution is 0.450. The van der Waals surface area contributed by atoms with Gasteiger partial charge in [0.05, 0.1) is 0 Å². The number of rotatable bonds is 8. The number of anilines is 1. The Bertz CT molecular complexity index is 636. The number of allylic oxidation sites excluding steroid dienone is 2. The van der Waals surface area contributed by atoms with Crippen LogP contribution in [0.5, 0.6) is 0 Å². The molecule has 3 heteroatoms. The second-order valence-electron chi connectivity index (χ2n) is 6.90. The van der Waals surface area contributed by atoms with E-state index >= 15 is 0 Å². The maximum atomic E-state index is 4.65. The zero-order chi connectivity index (χ0) is 17.5. The Morgan fingerprint density at radius 1 is 1.17 bits per heavy atom. The molecule has 1 aromatic carbocycles. The molecule has 0 aliphatic heterocycles. The van der Waals surface area contributed by atoms with Crippen LogP contribution in [0.15, 0.2) is 40.9 Å². The normalized spacial score (nSPS) is 14.4. The molecular formula is C21H31N3. The van der Waals surface area contributed by atoms with Crippen LogP contribution in [0.3, 0.4) is 0 Å². The molecule has 0 atom stereocenters. The summed E-state index contributed by atoms with van der Waals surface area (Å²) in [6.07, 6.45) is 9.95. The third-order valence-corrected chi connectivity index (χ3v) is 4.26. The highest BCUT2D eigenvalue weighted by Crippen LogP contribution is 2.32. The van der Waals surface area contributed by atoms with Crippen molar-refractivity contribution in [3.63, 3.8) is 0 Å². The summed E-state index contributed by atoms with van der Waals surface area (Å²) in [4.78, 5) is 9.03. The second kappa shape index (κ2) is 8.84. The number of nitrogens with zero attached hydrogens (tertiary/aromatic N) is 3. The maximum Gasteiger partial charge on any atom is 0.0389 e. The van der Waals surface area contributed by atoms with Crippen LogP contribution in [-0.2, 0) is 0 Å². The highest BCUT2D eigenvalue weighted by atomic mass is 15.1. The van der Waals surface area contributed by atoms with Crippen LogP contribution in [-0.4, -0.2) is 52.4 Å². The topological polar surface area (TPSA) is 18.8 Å². The first-order valence-corrected chi connectivity index (χ1v) is 8.87. The van der Waals surface area contributed by atoms with E-state index in [9.17, 15) is 0 Å². The number of hydrogen-bond donors (Lipinski definition) is 0. The number of likely N-dealkylation sites (N-methyl/N-ethyl adjacent to an activating group) is 1. The minimum atomic E-state index is 0.907. The van der Waals surface area contributed by atoms with Crippen molar-refractivity contribution < 1.29 is 0 Å². The zero-order valence-electron chi connectivity index (χ0n) is 15.8. The van der Waals surface area contributed by atoms with Crippen LogP contribution in [0.25, 0.3) is 5.57 Å². The summed E-state index contributed by atoms with van der Waals surface area (Å²) in [6, 6.07) is 6.72. The van der Waals surface area contributed by atoms with Gasteiger partial charge in [0.15, 0.2) is 0 Å². The molecule has 0 amide bonds. The molecule has 0 aromatic heterocycles. The van der Waals surface area contributed by atoms with Gasteiger partial charge in [-0.15, -0.1) is 0 Å². The average Bonchev–Trinajstić information content (AvgIpc) is 2.98. The predicted molar refractivity (Wildman–Crippen MR) is 107 cm³/mol. The minimum absolute atomic E-state index is 0.907. The molecule has 0 spiro atoms. The molecule has 0 heterocycles. The van der Waals surface area contributed by atoms with Crippen molar-refractivity contribution in [3.8, 4) is 0 Å². The summed E-state index contributed by atoms with van der Waals surface area (Å²) < 4.78 is 0. The van der Waals surface area contributed by atoms with Gasteiger partial charge < -0.3 is 9.80 Å². The molecule has 2 rings (SSSR count). The molecule has 1 aromatic rings. The Labute approximate surface area is 147 Å². The van der Waals surface area contributed by atoms with Crippen LogP contribution in [0.1, 0.15) is 37.3 Å². The van der Waals surface area contributed by atoms with E-state index in [1.54, 1.807) is 0 Å². The van der Waals surface area contributed by atoms with Crippen molar-refractivity contribution in [2.45, 2.75) is 26.2 Å². The Morgan fingerprint density at radius 2 is 1.96 bits per heavy atom. The van der Waals surface area contributed by atoms with Crippen molar-refractivity contribution in [1.29, 1.82) is 0 Å². The first-order valence-electron chi connectivity index (χ1n) is 8.87. The predicted octanol–water partition coefficient (Wildman–Crippen LogP) is 4.25. The monoisotopic (exact) mass is 325 g/mol. The summed E-state index contributed by atoms with van der Waals surface area (Å²) in [6.45, 7) is 4.09. The zero-order valence-corrected chi connectivity index (χ0v) is 15.8. The third kappa shape index (κ3) is 4.81. The number of aliphatic imine (C=N–C) groups is 1. The van der Waals surface area contributed by atoms with Gasteiger partial charge in [0.1, 0.15) is 0 Å². The van der Waals surface area contributed by atoms with Crippen LogP contribution >= 0.6 is 0 Å². The van der Waals surface area contributed by atoms with Crippen molar-refractivity contribution in [2.24, 2.45) is 4.99 Å². The van der Waals surface area contributed by atoms with E-state index in [-0.39, 0.29) is 0 Å². The minimum Gasteiger partial charge on any atom is -0.378 e. The van der Waals surface area contributed by atoms with Crippen molar-refractivity contribution in [3.05, 3.63) is 47.1 Å². The Morgan fingerprint density at radius 3 is 2.62 bits per heavy atom. The molecule has 0 N–H and O–H groups in total. The molecule has 0 unspecified atom stereocenters. The summed E-state index contributed by atoms with van der Waals surface area (Å²) in [5, 5.41) is 0. The van der Waals surface area contributed by atoms with E-state index in [1.807, 2.05) is 0 Å². The van der Waals surface area contributed by atoms with Gasteiger partial charge >= 0.3 is 0 Å². The number of hydrogen-bond acceptors (Lipinski definition) is 3. The first kappa shape index (κ1) is 18.5.